The number of rotatable bonds is 1. The van der Waals surface area contributed by atoms with Gasteiger partial charge in [0.15, 0.2) is 0 Å². The Morgan fingerprint density at radius 2 is 1.84 bits per heavy atom. The quantitative estimate of drug-likeness (QED) is 0.864. The number of halogens is 2. The summed E-state index contributed by atoms with van der Waals surface area (Å²) in [5, 5.41) is 4.42. The van der Waals surface area contributed by atoms with Crippen molar-refractivity contribution in [3.8, 4) is 0 Å². The molecule has 3 nitrogen and oxygen atoms in total. The molecule has 102 valence electrons. The van der Waals surface area contributed by atoms with E-state index in [2.05, 4.69) is 5.32 Å². The third kappa shape index (κ3) is 2.60. The van der Waals surface area contributed by atoms with Crippen molar-refractivity contribution in [2.45, 2.75) is 31.3 Å². The van der Waals surface area contributed by atoms with Crippen LogP contribution in [0, 0.1) is 0 Å². The van der Waals surface area contributed by atoms with E-state index in [0.717, 1.165) is 25.9 Å². The van der Waals surface area contributed by atoms with Crippen LogP contribution in [-0.2, 0) is 0 Å². The second kappa shape index (κ2) is 5.31. The molecule has 1 aromatic rings. The van der Waals surface area contributed by atoms with Gasteiger partial charge in [-0.25, -0.2) is 0 Å². The van der Waals surface area contributed by atoms with Crippen LogP contribution in [0.3, 0.4) is 0 Å². The molecule has 2 aliphatic rings. The third-order valence-corrected chi connectivity index (χ3v) is 4.62. The van der Waals surface area contributed by atoms with Gasteiger partial charge in [-0.05, 0) is 31.4 Å². The van der Waals surface area contributed by atoms with E-state index in [1.165, 1.54) is 6.42 Å². The predicted octanol–water partition coefficient (Wildman–Crippen LogP) is 2.96. The van der Waals surface area contributed by atoms with Gasteiger partial charge in [0, 0.05) is 25.2 Å². The van der Waals surface area contributed by atoms with Crippen molar-refractivity contribution in [1.82, 2.24) is 10.2 Å². The molecule has 2 saturated heterocycles. The number of likely N-dealkylation sites (tertiary alicyclic amines) is 1. The highest BCUT2D eigenvalue weighted by molar-refractivity contribution is 6.39. The van der Waals surface area contributed by atoms with Crippen molar-refractivity contribution in [3.05, 3.63) is 33.8 Å². The Morgan fingerprint density at radius 1 is 1.16 bits per heavy atom. The van der Waals surface area contributed by atoms with E-state index in [9.17, 15) is 4.79 Å². The van der Waals surface area contributed by atoms with Gasteiger partial charge >= 0.3 is 0 Å². The minimum atomic E-state index is -0.0510. The largest absolute Gasteiger partial charge is 0.337 e. The van der Waals surface area contributed by atoms with Gasteiger partial charge in [0.05, 0.1) is 15.6 Å². The Balaban J connectivity index is 1.84. The fraction of sp³-hybridized carbons (Fsp3) is 0.500. The van der Waals surface area contributed by atoms with Crippen LogP contribution in [0.1, 0.15) is 29.6 Å². The van der Waals surface area contributed by atoms with Gasteiger partial charge in [0.2, 0.25) is 0 Å². The van der Waals surface area contributed by atoms with Gasteiger partial charge < -0.3 is 10.2 Å². The number of fused-ring (bicyclic) bond motifs is 2. The van der Waals surface area contributed by atoms with Crippen molar-refractivity contribution >= 4 is 29.1 Å². The zero-order valence-electron chi connectivity index (χ0n) is 10.5. The molecule has 2 bridgehead atoms. The van der Waals surface area contributed by atoms with Gasteiger partial charge in [-0.1, -0.05) is 29.3 Å². The number of hydrogen-bond acceptors (Lipinski definition) is 2. The summed E-state index contributed by atoms with van der Waals surface area (Å²) in [6, 6.07) is 6.15. The first kappa shape index (κ1) is 13.2. The number of benzene rings is 1. The van der Waals surface area contributed by atoms with Crippen molar-refractivity contribution < 1.29 is 4.79 Å². The summed E-state index contributed by atoms with van der Waals surface area (Å²) < 4.78 is 0. The van der Waals surface area contributed by atoms with Crippen LogP contribution in [0.5, 0.6) is 0 Å². The highest BCUT2D eigenvalue weighted by Crippen LogP contribution is 2.28. The lowest BCUT2D eigenvalue weighted by molar-refractivity contribution is 0.0748. The van der Waals surface area contributed by atoms with Crippen LogP contribution in [0.15, 0.2) is 18.2 Å². The second-order valence-electron chi connectivity index (χ2n) is 5.27. The van der Waals surface area contributed by atoms with Crippen molar-refractivity contribution in [3.63, 3.8) is 0 Å². The molecule has 0 saturated carbocycles. The lowest BCUT2D eigenvalue weighted by Crippen LogP contribution is -2.39. The van der Waals surface area contributed by atoms with E-state index in [1.807, 2.05) is 4.90 Å². The summed E-state index contributed by atoms with van der Waals surface area (Å²) in [5.41, 5.74) is 0.434. The molecule has 1 amide bonds. The van der Waals surface area contributed by atoms with E-state index < -0.39 is 0 Å². The Labute approximate surface area is 122 Å². The fourth-order valence-corrected chi connectivity index (χ4v) is 3.55. The average Bonchev–Trinajstić information content (AvgIpc) is 2.68. The molecular formula is C14H16Cl2N2O. The Bertz CT molecular complexity index is 486. The molecule has 1 N–H and O–H groups in total. The number of carbonyl (C=O) groups excluding carboxylic acids is 1. The predicted molar refractivity (Wildman–Crippen MR) is 76.9 cm³/mol. The maximum atomic E-state index is 12.6. The zero-order valence-corrected chi connectivity index (χ0v) is 12.0. The van der Waals surface area contributed by atoms with Gasteiger partial charge in [-0.2, -0.15) is 0 Å². The number of amides is 1. The fourth-order valence-electron chi connectivity index (χ4n) is 2.99. The average molecular weight is 299 g/mol. The molecule has 5 heteroatoms. The van der Waals surface area contributed by atoms with Gasteiger partial charge in [0.1, 0.15) is 0 Å². The molecule has 2 heterocycles. The van der Waals surface area contributed by atoms with Crippen LogP contribution in [-0.4, -0.2) is 36.0 Å². The second-order valence-corrected chi connectivity index (χ2v) is 6.09. The number of carbonyl (C=O) groups is 1. The summed E-state index contributed by atoms with van der Waals surface area (Å²) in [6.07, 6.45) is 3.37. The maximum absolute atomic E-state index is 12.6. The molecule has 2 fully saturated rings. The van der Waals surface area contributed by atoms with Gasteiger partial charge in [-0.3, -0.25) is 4.79 Å². The molecule has 1 aromatic carbocycles. The first-order valence-corrected chi connectivity index (χ1v) is 7.40. The maximum Gasteiger partial charge on any atom is 0.256 e. The molecule has 0 spiro atoms. The number of hydrogen-bond donors (Lipinski definition) is 1. The minimum absolute atomic E-state index is 0.0510. The molecule has 0 aliphatic carbocycles. The topological polar surface area (TPSA) is 32.3 Å². The molecule has 3 rings (SSSR count). The monoisotopic (exact) mass is 298 g/mol. The normalized spacial score (nSPS) is 26.3. The Hall–Kier alpha value is -0.770. The first-order chi connectivity index (χ1) is 9.15. The minimum Gasteiger partial charge on any atom is -0.337 e. The van der Waals surface area contributed by atoms with Crippen LogP contribution >= 0.6 is 23.2 Å². The number of nitrogens with one attached hydrogen (secondary N) is 1. The molecular weight excluding hydrogens is 283 g/mol. The molecule has 0 radical (unpaired) electrons. The third-order valence-electron chi connectivity index (χ3n) is 3.99. The Morgan fingerprint density at radius 3 is 2.58 bits per heavy atom. The highest BCUT2D eigenvalue weighted by atomic mass is 35.5. The zero-order chi connectivity index (χ0) is 13.4. The van der Waals surface area contributed by atoms with Gasteiger partial charge in [0.25, 0.3) is 5.91 Å². The summed E-state index contributed by atoms with van der Waals surface area (Å²) >= 11 is 12.2. The smallest absolute Gasteiger partial charge is 0.256 e. The summed E-state index contributed by atoms with van der Waals surface area (Å²) in [6.45, 7) is 1.52. The van der Waals surface area contributed by atoms with E-state index in [0.29, 0.717) is 27.7 Å². The van der Waals surface area contributed by atoms with Crippen molar-refractivity contribution in [2.75, 3.05) is 13.1 Å². The standard InChI is InChI=1S/C14H16Cl2N2O/c15-11-2-1-3-12(16)13(11)14(19)18-7-6-9-4-5-10(8-18)17-9/h1-3,9-10,17H,4-8H2. The number of nitrogens with zero attached hydrogens (tertiary/aromatic N) is 1. The van der Waals surface area contributed by atoms with E-state index in [4.69, 9.17) is 23.2 Å². The lowest BCUT2D eigenvalue weighted by Gasteiger charge is -2.25. The lowest BCUT2D eigenvalue weighted by atomic mass is 10.1. The van der Waals surface area contributed by atoms with Crippen molar-refractivity contribution in [2.24, 2.45) is 0 Å². The SMILES string of the molecule is O=C(c1c(Cl)cccc1Cl)N1CCC2CCC(C1)N2. The summed E-state index contributed by atoms with van der Waals surface area (Å²) in [5.74, 6) is -0.0510. The van der Waals surface area contributed by atoms with Crippen LogP contribution in [0.4, 0.5) is 0 Å². The first-order valence-electron chi connectivity index (χ1n) is 6.64. The summed E-state index contributed by atoms with van der Waals surface area (Å²) in [7, 11) is 0. The molecule has 2 atom stereocenters. The molecule has 19 heavy (non-hydrogen) atoms. The molecule has 2 aliphatic heterocycles. The van der Waals surface area contributed by atoms with Gasteiger partial charge in [-0.15, -0.1) is 0 Å². The summed E-state index contributed by atoms with van der Waals surface area (Å²) in [4.78, 5) is 14.5. The van der Waals surface area contributed by atoms with E-state index in [1.54, 1.807) is 18.2 Å². The molecule has 2 unspecified atom stereocenters. The van der Waals surface area contributed by atoms with Crippen molar-refractivity contribution in [1.29, 1.82) is 0 Å². The van der Waals surface area contributed by atoms with Crippen LogP contribution in [0.2, 0.25) is 10.0 Å². The molecule has 0 aromatic heterocycles. The highest BCUT2D eigenvalue weighted by Gasteiger charge is 2.32. The van der Waals surface area contributed by atoms with Crippen LogP contribution < -0.4 is 5.32 Å². The van der Waals surface area contributed by atoms with E-state index >= 15 is 0 Å². The Kier molecular flexibility index (Phi) is 3.70. The van der Waals surface area contributed by atoms with Crippen LogP contribution in [0.25, 0.3) is 0 Å². The van der Waals surface area contributed by atoms with E-state index in [-0.39, 0.29) is 5.91 Å².